The maximum atomic E-state index is 13.8. The number of hydrogen-bond donors (Lipinski definition) is 2. The smallest absolute Gasteiger partial charge is 0.257 e. The molecule has 0 unspecified atom stereocenters. The number of nitrogens with one attached hydrogen (secondary N) is 2. The maximum absolute atomic E-state index is 13.8. The van der Waals surface area contributed by atoms with E-state index in [-0.39, 0.29) is 55.3 Å². The second-order valence-corrected chi connectivity index (χ2v) is 9.25. The van der Waals surface area contributed by atoms with Crippen molar-refractivity contribution in [3.63, 3.8) is 0 Å². The van der Waals surface area contributed by atoms with Crippen LogP contribution in [0.25, 0.3) is 0 Å². The average Bonchev–Trinajstić information content (AvgIpc) is 2.86. The first kappa shape index (κ1) is 25.6. The monoisotopic (exact) mass is 497 g/mol. The fourth-order valence-electron chi connectivity index (χ4n) is 4.67. The number of anilines is 1. The number of carbonyl (C=O) groups is 3. The number of hydrogen-bond acceptors (Lipinski definition) is 5. The van der Waals surface area contributed by atoms with Gasteiger partial charge < -0.3 is 25.0 Å². The number of halogens is 1. The third-order valence-electron chi connectivity index (χ3n) is 6.62. The van der Waals surface area contributed by atoms with Crippen LogP contribution in [0.2, 0.25) is 0 Å². The lowest BCUT2D eigenvalue weighted by atomic mass is 9.94. The van der Waals surface area contributed by atoms with Gasteiger partial charge in [-0.15, -0.1) is 0 Å². The summed E-state index contributed by atoms with van der Waals surface area (Å²) < 4.78 is 26.0. The Morgan fingerprint density at radius 3 is 2.72 bits per heavy atom. The van der Waals surface area contributed by atoms with Crippen LogP contribution in [0.3, 0.4) is 0 Å². The first-order valence-corrected chi connectivity index (χ1v) is 12.3. The van der Waals surface area contributed by atoms with Gasteiger partial charge >= 0.3 is 0 Å². The molecule has 3 amide bonds. The predicted molar refractivity (Wildman–Crippen MR) is 132 cm³/mol. The molecular weight excluding hydrogens is 465 g/mol. The van der Waals surface area contributed by atoms with Gasteiger partial charge in [-0.05, 0) is 43.5 Å². The van der Waals surface area contributed by atoms with Crippen molar-refractivity contribution in [1.82, 2.24) is 10.2 Å². The number of rotatable bonds is 7. The van der Waals surface area contributed by atoms with Gasteiger partial charge in [0.25, 0.3) is 5.91 Å². The zero-order valence-electron chi connectivity index (χ0n) is 20.6. The maximum Gasteiger partial charge on any atom is 0.257 e. The molecule has 36 heavy (non-hydrogen) atoms. The third kappa shape index (κ3) is 6.02. The lowest BCUT2D eigenvalue weighted by Gasteiger charge is -2.42. The van der Waals surface area contributed by atoms with Gasteiger partial charge in [-0.1, -0.05) is 25.1 Å². The van der Waals surface area contributed by atoms with Crippen molar-refractivity contribution >= 4 is 23.4 Å². The fourth-order valence-corrected chi connectivity index (χ4v) is 4.67. The molecule has 9 heteroatoms. The SMILES string of the molecule is CCCC(=O)Nc1ccc2c(c1)C(=O)N(C)[C@H]1CC[C@H](CC(=O)NCc3ccccc3F)O[C@H]1CO2. The molecule has 2 heterocycles. The fraction of sp³-hybridized carbons (Fsp3) is 0.444. The number of ether oxygens (including phenoxy) is 2. The Balaban J connectivity index is 1.38. The Morgan fingerprint density at radius 1 is 1.14 bits per heavy atom. The third-order valence-corrected chi connectivity index (χ3v) is 6.62. The Morgan fingerprint density at radius 2 is 1.94 bits per heavy atom. The van der Waals surface area contributed by atoms with E-state index in [4.69, 9.17) is 9.47 Å². The van der Waals surface area contributed by atoms with E-state index in [0.717, 1.165) is 6.42 Å². The average molecular weight is 498 g/mol. The van der Waals surface area contributed by atoms with Crippen molar-refractivity contribution in [2.45, 2.75) is 63.8 Å². The molecule has 0 bridgehead atoms. The summed E-state index contributed by atoms with van der Waals surface area (Å²) in [5, 5.41) is 5.57. The van der Waals surface area contributed by atoms with E-state index in [0.29, 0.717) is 41.8 Å². The van der Waals surface area contributed by atoms with Gasteiger partial charge in [0, 0.05) is 31.3 Å². The first-order valence-electron chi connectivity index (χ1n) is 12.3. The zero-order chi connectivity index (χ0) is 25.7. The Labute approximate surface area is 210 Å². The second kappa shape index (κ2) is 11.5. The summed E-state index contributed by atoms with van der Waals surface area (Å²) in [5.74, 6) is -0.469. The molecule has 8 nitrogen and oxygen atoms in total. The predicted octanol–water partition coefficient (Wildman–Crippen LogP) is 3.65. The van der Waals surface area contributed by atoms with Crippen LogP contribution < -0.4 is 15.4 Å². The number of amides is 3. The van der Waals surface area contributed by atoms with Gasteiger partial charge in [0.2, 0.25) is 11.8 Å². The van der Waals surface area contributed by atoms with E-state index in [1.165, 1.54) is 6.07 Å². The van der Waals surface area contributed by atoms with Crippen molar-refractivity contribution in [2.24, 2.45) is 0 Å². The molecule has 0 spiro atoms. The van der Waals surface area contributed by atoms with Crippen molar-refractivity contribution in [2.75, 3.05) is 19.0 Å². The van der Waals surface area contributed by atoms with Crippen molar-refractivity contribution in [3.8, 4) is 5.75 Å². The lowest BCUT2D eigenvalue weighted by molar-refractivity contribution is -0.134. The molecule has 3 atom stereocenters. The number of benzene rings is 2. The summed E-state index contributed by atoms with van der Waals surface area (Å²) in [6, 6.07) is 11.2. The van der Waals surface area contributed by atoms with Crippen molar-refractivity contribution in [3.05, 3.63) is 59.4 Å². The molecule has 0 radical (unpaired) electrons. The normalized spacial score (nSPS) is 21.4. The largest absolute Gasteiger partial charge is 0.490 e. The minimum atomic E-state index is -0.394. The van der Waals surface area contributed by atoms with E-state index in [1.807, 2.05) is 6.92 Å². The molecular formula is C27H32FN3O5. The van der Waals surface area contributed by atoms with Gasteiger partial charge in [0.15, 0.2) is 0 Å². The quantitative estimate of drug-likeness (QED) is 0.609. The zero-order valence-corrected chi connectivity index (χ0v) is 20.6. The summed E-state index contributed by atoms with van der Waals surface area (Å²) in [6.45, 7) is 2.27. The molecule has 192 valence electrons. The summed E-state index contributed by atoms with van der Waals surface area (Å²) in [7, 11) is 1.74. The Bertz CT molecular complexity index is 1120. The van der Waals surface area contributed by atoms with Crippen LogP contribution in [-0.4, -0.2) is 54.5 Å². The summed E-state index contributed by atoms with van der Waals surface area (Å²) >= 11 is 0. The van der Waals surface area contributed by atoms with Crippen LogP contribution in [0.1, 0.15) is 54.9 Å². The Kier molecular flexibility index (Phi) is 8.20. The summed E-state index contributed by atoms with van der Waals surface area (Å²) in [5.41, 5.74) is 1.37. The molecule has 0 aliphatic carbocycles. The lowest BCUT2D eigenvalue weighted by Crippen LogP contribution is -2.53. The minimum Gasteiger partial charge on any atom is -0.490 e. The van der Waals surface area contributed by atoms with Gasteiger partial charge in [0.05, 0.1) is 24.1 Å². The highest BCUT2D eigenvalue weighted by Gasteiger charge is 2.39. The molecule has 2 N–H and O–H groups in total. The van der Waals surface area contributed by atoms with Gasteiger partial charge in [-0.3, -0.25) is 14.4 Å². The molecule has 2 aromatic carbocycles. The first-order chi connectivity index (χ1) is 17.4. The highest BCUT2D eigenvalue weighted by atomic mass is 19.1. The molecule has 0 aromatic heterocycles. The highest BCUT2D eigenvalue weighted by Crippen LogP contribution is 2.32. The van der Waals surface area contributed by atoms with Crippen molar-refractivity contribution in [1.29, 1.82) is 0 Å². The number of nitrogens with zero attached hydrogens (tertiary/aromatic N) is 1. The van der Waals surface area contributed by atoms with Gasteiger partial charge in [-0.25, -0.2) is 4.39 Å². The van der Waals surface area contributed by atoms with E-state index in [1.54, 1.807) is 48.3 Å². The van der Waals surface area contributed by atoms with Crippen LogP contribution in [0.4, 0.5) is 10.1 Å². The second-order valence-electron chi connectivity index (χ2n) is 9.25. The molecule has 2 aromatic rings. The summed E-state index contributed by atoms with van der Waals surface area (Å²) in [4.78, 5) is 39.4. The number of likely N-dealkylation sites (N-methyl/N-ethyl adjacent to an activating group) is 1. The molecule has 1 saturated heterocycles. The Hall–Kier alpha value is -3.46. The van der Waals surface area contributed by atoms with E-state index in [9.17, 15) is 18.8 Å². The summed E-state index contributed by atoms with van der Waals surface area (Å²) in [6.07, 6.45) is 1.83. The molecule has 1 fully saturated rings. The molecule has 4 rings (SSSR count). The standard InChI is InChI=1S/C27H32FN3O5/c1-3-6-25(32)30-18-9-12-23-20(13-18)27(34)31(2)22-11-10-19(36-24(22)16-35-23)14-26(33)29-15-17-7-4-5-8-21(17)28/h4-5,7-9,12-13,19,22,24H,3,6,10-11,14-16H2,1-2H3,(H,29,33)(H,30,32)/t19-,22+,24+/m1/s1. The van der Waals surface area contributed by atoms with E-state index >= 15 is 0 Å². The van der Waals surface area contributed by atoms with Crippen LogP contribution in [-0.2, 0) is 20.9 Å². The van der Waals surface area contributed by atoms with E-state index < -0.39 is 6.10 Å². The highest BCUT2D eigenvalue weighted by molar-refractivity contribution is 5.99. The van der Waals surface area contributed by atoms with Crippen LogP contribution in [0, 0.1) is 5.82 Å². The minimum absolute atomic E-state index is 0.102. The van der Waals surface area contributed by atoms with Gasteiger partial charge in [0.1, 0.15) is 24.3 Å². The van der Waals surface area contributed by atoms with E-state index in [2.05, 4.69) is 10.6 Å². The molecule has 2 aliphatic rings. The molecule has 0 saturated carbocycles. The van der Waals surface area contributed by atoms with Gasteiger partial charge in [-0.2, -0.15) is 0 Å². The van der Waals surface area contributed by atoms with Crippen LogP contribution >= 0.6 is 0 Å². The van der Waals surface area contributed by atoms with Crippen LogP contribution in [0.5, 0.6) is 5.75 Å². The topological polar surface area (TPSA) is 97.0 Å². The molecule has 2 aliphatic heterocycles. The number of fused-ring (bicyclic) bond motifs is 2. The van der Waals surface area contributed by atoms with Crippen molar-refractivity contribution < 1.29 is 28.2 Å². The number of carbonyl (C=O) groups excluding carboxylic acids is 3. The van der Waals surface area contributed by atoms with Crippen LogP contribution in [0.15, 0.2) is 42.5 Å².